The number of pyridine rings is 12. The zero-order chi connectivity index (χ0) is 90.7. The molecule has 0 saturated heterocycles. The first-order valence-corrected chi connectivity index (χ1v) is 48.2. The molecule has 16 heterocycles. The highest BCUT2D eigenvalue weighted by molar-refractivity contribution is 6.19. The third-order valence-corrected chi connectivity index (χ3v) is 31.9. The summed E-state index contributed by atoms with van der Waals surface area (Å²) in [6.07, 6.45) is 34.2. The highest BCUT2D eigenvalue weighted by atomic mass is 15.1. The van der Waals surface area contributed by atoms with E-state index in [1.165, 1.54) is 183 Å². The first-order valence-electron chi connectivity index (χ1n) is 48.2. The number of rotatable bonds is 0. The third-order valence-electron chi connectivity index (χ3n) is 31.9. The average molecular weight is 1790 g/mol. The molecule has 648 valence electrons. The normalized spacial score (nSPS) is 13.5. The van der Waals surface area contributed by atoms with E-state index in [-0.39, 0.29) is 0 Å². The lowest BCUT2D eigenvalue weighted by Gasteiger charge is -2.10. The van der Waals surface area contributed by atoms with Crippen LogP contribution in [0.5, 0.6) is 0 Å². The molecule has 8 aliphatic carbocycles. The fraction of sp³-hybridized carbons (Fsp3) is 0.0645. The van der Waals surface area contributed by atoms with Crippen molar-refractivity contribution < 1.29 is 0 Å². The first kappa shape index (κ1) is 75.1. The zero-order valence-electron chi connectivity index (χ0n) is 75.1. The molecule has 28 aromatic rings. The maximum atomic E-state index is 5.29. The van der Waals surface area contributed by atoms with Crippen molar-refractivity contribution in [3.8, 4) is 89.0 Å². The van der Waals surface area contributed by atoms with Crippen LogP contribution in [0.25, 0.3) is 243 Å². The van der Waals surface area contributed by atoms with Crippen molar-refractivity contribution in [1.29, 1.82) is 0 Å². The fourth-order valence-corrected chi connectivity index (χ4v) is 26.1. The largest absolute Gasteiger partial charge is 0.290 e. The summed E-state index contributed by atoms with van der Waals surface area (Å²) < 4.78 is 9.06. The highest BCUT2D eigenvalue weighted by Crippen LogP contribution is 2.57. The van der Waals surface area contributed by atoms with Crippen molar-refractivity contribution in [3.63, 3.8) is 0 Å². The second kappa shape index (κ2) is 27.7. The Morgan fingerprint density at radius 1 is 0.157 bits per heavy atom. The fourth-order valence-electron chi connectivity index (χ4n) is 26.1. The number of nitrogens with zero attached hydrogens (tertiary/aromatic N) is 16. The molecule has 0 saturated carbocycles. The Kier molecular flexibility index (Phi) is 14.9. The molecule has 0 bridgehead atoms. The summed E-state index contributed by atoms with van der Waals surface area (Å²) in [6, 6.07) is 93.0. The van der Waals surface area contributed by atoms with Gasteiger partial charge < -0.3 is 0 Å². The van der Waals surface area contributed by atoms with Gasteiger partial charge in [0, 0.05) is 136 Å². The van der Waals surface area contributed by atoms with Gasteiger partial charge in [0.05, 0.1) is 96.5 Å². The number of aromatic nitrogens is 16. The molecule has 0 fully saturated rings. The van der Waals surface area contributed by atoms with Crippen LogP contribution in [0.15, 0.2) is 342 Å². The van der Waals surface area contributed by atoms with E-state index in [1.54, 1.807) is 0 Å². The van der Waals surface area contributed by atoms with E-state index in [2.05, 4.69) is 290 Å². The standard InChI is InChI=1S/4C31H18N4/c1-2-5-20-17(4-1)14-18-7-8-19-15-24-22(28(19)27(18)20)9-10-25-29(24)34-31-30-23(6-3-12-33-30)21-11-13-32-16-26(21)35(25)31;1-2-5-20-17(4-1)14-18-7-8-19-15-24-21(28(19)27(18)20)9-10-25-30(24)34-31-23-6-3-12-33-29(23)22-11-13-32-16-26(22)35(25)31;1-2-4-20-17(3-1)13-18-5-6-19-14-24-23(29(19)28(18)20)7-8-26-30(24)34-31-25-15-32-11-9-21(25)22-10-12-33-16-27(22)35(26)31;1-2-4-20-17(3-1)13-18-5-6-19-14-24-22(29(19)28(18)20)7-8-26-30(24)34-31-23-10-12-32-15-25(23)21-9-11-33-16-27(21)35(26)31/h2*1-13,16H,14-15H2;2*1-12,15-16H,13-14H2. The van der Waals surface area contributed by atoms with Gasteiger partial charge in [0.2, 0.25) is 0 Å². The molecule has 0 spiro atoms. The van der Waals surface area contributed by atoms with Gasteiger partial charge in [-0.1, -0.05) is 176 Å². The molecular formula is C124H72N16. The Balaban J connectivity index is 0.0000000829. The van der Waals surface area contributed by atoms with Gasteiger partial charge in [-0.2, -0.15) is 0 Å². The summed E-state index contributed by atoms with van der Waals surface area (Å²) >= 11 is 0. The van der Waals surface area contributed by atoms with Gasteiger partial charge in [-0.3, -0.25) is 57.5 Å². The monoisotopic (exact) mass is 1780 g/mol. The second-order valence-corrected chi connectivity index (χ2v) is 38.7. The van der Waals surface area contributed by atoms with Crippen LogP contribution in [-0.2, 0) is 51.4 Å². The van der Waals surface area contributed by atoms with Crippen LogP contribution in [-0.4, -0.2) is 77.4 Å². The minimum Gasteiger partial charge on any atom is -0.290 e. The van der Waals surface area contributed by atoms with Crippen LogP contribution in [0.2, 0.25) is 0 Å². The number of benzene rings is 12. The molecule has 0 N–H and O–H groups in total. The summed E-state index contributed by atoms with van der Waals surface area (Å²) in [6.45, 7) is 0. The summed E-state index contributed by atoms with van der Waals surface area (Å²) in [5, 5.41) is 11.2. The summed E-state index contributed by atoms with van der Waals surface area (Å²) in [4.78, 5) is 57.2. The lowest BCUT2D eigenvalue weighted by Crippen LogP contribution is -1.93. The molecule has 0 unspecified atom stereocenters. The van der Waals surface area contributed by atoms with E-state index in [9.17, 15) is 0 Å². The second-order valence-electron chi connectivity index (χ2n) is 38.7. The molecule has 0 atom stereocenters. The molecule has 0 amide bonds. The smallest absolute Gasteiger partial charge is 0.165 e. The van der Waals surface area contributed by atoms with Crippen molar-refractivity contribution in [2.24, 2.45) is 0 Å². The van der Waals surface area contributed by atoms with Gasteiger partial charge >= 0.3 is 0 Å². The van der Waals surface area contributed by atoms with E-state index in [0.717, 1.165) is 200 Å². The van der Waals surface area contributed by atoms with Crippen LogP contribution in [0.3, 0.4) is 0 Å². The molecule has 16 heteroatoms. The van der Waals surface area contributed by atoms with E-state index in [4.69, 9.17) is 29.9 Å². The van der Waals surface area contributed by atoms with Crippen LogP contribution < -0.4 is 0 Å². The van der Waals surface area contributed by atoms with E-state index in [0.29, 0.717) is 0 Å². The maximum Gasteiger partial charge on any atom is 0.165 e. The van der Waals surface area contributed by atoms with Crippen molar-refractivity contribution >= 4 is 154 Å². The van der Waals surface area contributed by atoms with Gasteiger partial charge in [-0.15, -0.1) is 0 Å². The molecule has 12 aromatic carbocycles. The lowest BCUT2D eigenvalue weighted by atomic mass is 9.94. The van der Waals surface area contributed by atoms with Gasteiger partial charge in [0.1, 0.15) is 22.5 Å². The quantitative estimate of drug-likeness (QED) is 0.132. The van der Waals surface area contributed by atoms with Crippen LogP contribution in [0.4, 0.5) is 0 Å². The van der Waals surface area contributed by atoms with Gasteiger partial charge in [-0.25, -0.2) is 19.9 Å². The summed E-state index contributed by atoms with van der Waals surface area (Å²) in [5.74, 6) is 0. The van der Waals surface area contributed by atoms with E-state index >= 15 is 0 Å². The minimum absolute atomic E-state index is 0.899. The maximum absolute atomic E-state index is 5.29. The predicted molar refractivity (Wildman–Crippen MR) is 559 cm³/mol. The average Bonchev–Trinajstić information content (AvgIpc) is 1.55. The lowest BCUT2D eigenvalue weighted by molar-refractivity contribution is 1.24. The van der Waals surface area contributed by atoms with Crippen LogP contribution >= 0.6 is 0 Å². The van der Waals surface area contributed by atoms with Gasteiger partial charge in [0.25, 0.3) is 0 Å². The molecule has 36 rings (SSSR count). The predicted octanol–water partition coefficient (Wildman–Crippen LogP) is 26.9. The van der Waals surface area contributed by atoms with Crippen molar-refractivity contribution in [2.45, 2.75) is 51.4 Å². The van der Waals surface area contributed by atoms with Crippen LogP contribution in [0.1, 0.15) is 89.0 Å². The SMILES string of the molecule is c1ccc2c(c1)Cc1ccc3c(c1-2)-c1ccc2c(nc4c5cccnc5c5ccncc5n24)c1C3.c1ccc2c(c1)Cc1ccc3c(c1-2)-c1ccc2c(nc4c5ccncc5c5ccncc5n24)c1C3.c1ccc2c(c1)Cc1ccc3c(c1-2)-c1ccc2c(nc4c5cnccc5c5ccncc5n24)c1C3.c1ccc2c(c1)Cc1ccc3c(c1-2)-c1ccc2c(nc4c5ncccc5c5ccncc5n24)c1C3. The molecule has 8 aliphatic rings. The summed E-state index contributed by atoms with van der Waals surface area (Å²) in [7, 11) is 0. The van der Waals surface area contributed by atoms with E-state index < -0.39 is 0 Å². The number of hydrogen-bond acceptors (Lipinski definition) is 12. The topological polar surface area (TPSA) is 172 Å². The van der Waals surface area contributed by atoms with Crippen LogP contribution in [0, 0.1) is 0 Å². The first-order chi connectivity index (χ1) is 69.5. The Morgan fingerprint density at radius 2 is 0.443 bits per heavy atom. The molecular weight excluding hydrogens is 1710 g/mol. The van der Waals surface area contributed by atoms with Crippen molar-refractivity contribution in [3.05, 3.63) is 431 Å². The van der Waals surface area contributed by atoms with Crippen molar-refractivity contribution in [2.75, 3.05) is 0 Å². The van der Waals surface area contributed by atoms with Gasteiger partial charge in [-0.05, 0) is 288 Å². The summed E-state index contributed by atoms with van der Waals surface area (Å²) in [5.41, 5.74) is 63.3. The Hall–Kier alpha value is -18.3. The third kappa shape index (κ3) is 10.1. The molecule has 0 radical (unpaired) electrons. The molecule has 0 aliphatic heterocycles. The zero-order valence-corrected chi connectivity index (χ0v) is 75.1. The molecule has 16 aromatic heterocycles. The van der Waals surface area contributed by atoms with Gasteiger partial charge in [0.15, 0.2) is 5.65 Å². The van der Waals surface area contributed by atoms with E-state index in [1.807, 2.05) is 98.9 Å². The Bertz CT molecular complexity index is 9460. The van der Waals surface area contributed by atoms with Crippen molar-refractivity contribution in [1.82, 2.24) is 77.4 Å². The Labute approximate surface area is 796 Å². The highest BCUT2D eigenvalue weighted by Gasteiger charge is 2.38. The number of fused-ring (bicyclic) bond motifs is 64. The molecule has 16 nitrogen and oxygen atoms in total. The Morgan fingerprint density at radius 3 is 0.850 bits per heavy atom. The minimum atomic E-state index is 0.899. The number of imidazole rings is 4. The molecule has 140 heavy (non-hydrogen) atoms. The number of hydrogen-bond donors (Lipinski definition) is 0.